The van der Waals surface area contributed by atoms with Gasteiger partial charge in [0.2, 0.25) is 0 Å². The molecule has 1 aliphatic heterocycles. The van der Waals surface area contributed by atoms with Crippen LogP contribution in [0.25, 0.3) is 0 Å². The monoisotopic (exact) mass is 348 g/mol. The summed E-state index contributed by atoms with van der Waals surface area (Å²) in [6.07, 6.45) is 2.55. The Hall–Kier alpha value is -1.89. The zero-order valence-electron chi connectivity index (χ0n) is 13.9. The normalized spacial score (nSPS) is 14.3. The number of hydrogen-bond donors (Lipinski definition) is 1. The van der Waals surface area contributed by atoms with Gasteiger partial charge in [-0.3, -0.25) is 0 Å². The van der Waals surface area contributed by atoms with Crippen LogP contribution in [0.2, 0.25) is 5.02 Å². The van der Waals surface area contributed by atoms with Crippen molar-refractivity contribution >= 4 is 23.1 Å². The van der Waals surface area contributed by atoms with Gasteiger partial charge in [0, 0.05) is 37.9 Å². The molecule has 2 aromatic rings. The van der Waals surface area contributed by atoms with Crippen molar-refractivity contribution in [1.82, 2.24) is 14.9 Å². The third-order valence-corrected chi connectivity index (χ3v) is 4.23. The fraction of sp³-hybridized carbons (Fsp3) is 0.412. The summed E-state index contributed by atoms with van der Waals surface area (Å²) in [4.78, 5) is 11.0. The van der Waals surface area contributed by atoms with Crippen molar-refractivity contribution in [3.05, 3.63) is 40.8 Å². The summed E-state index contributed by atoms with van der Waals surface area (Å²) >= 11 is 6.29. The molecule has 3 rings (SSSR count). The number of halogens is 1. The molecule has 24 heavy (non-hydrogen) atoms. The lowest BCUT2D eigenvalue weighted by Crippen LogP contribution is -2.28. The van der Waals surface area contributed by atoms with Crippen molar-refractivity contribution in [2.45, 2.75) is 13.0 Å². The summed E-state index contributed by atoms with van der Waals surface area (Å²) < 4.78 is 10.5. The first kappa shape index (κ1) is 17.0. The molecule has 0 bridgehead atoms. The predicted octanol–water partition coefficient (Wildman–Crippen LogP) is 2.89. The minimum absolute atomic E-state index is 0.467. The van der Waals surface area contributed by atoms with Gasteiger partial charge in [-0.25, -0.2) is 9.97 Å². The Kier molecular flexibility index (Phi) is 5.50. The molecule has 1 aromatic heterocycles. The second-order valence-electron chi connectivity index (χ2n) is 5.75. The fourth-order valence-electron chi connectivity index (χ4n) is 2.65. The highest BCUT2D eigenvalue weighted by Gasteiger charge is 2.18. The smallest absolute Gasteiger partial charge is 0.138 e. The number of nitrogens with one attached hydrogen (secondary N) is 1. The van der Waals surface area contributed by atoms with Crippen LogP contribution in [0.15, 0.2) is 24.5 Å². The third kappa shape index (κ3) is 3.95. The van der Waals surface area contributed by atoms with Gasteiger partial charge in [0.25, 0.3) is 0 Å². The molecular weight excluding hydrogens is 328 g/mol. The van der Waals surface area contributed by atoms with E-state index in [1.165, 1.54) is 0 Å². The molecule has 0 spiro atoms. The number of likely N-dealkylation sites (N-methyl/N-ethyl adjacent to an activating group) is 1. The average Bonchev–Trinajstić information content (AvgIpc) is 2.57. The van der Waals surface area contributed by atoms with Crippen LogP contribution in [0.5, 0.6) is 5.75 Å². The number of ether oxygens (including phenoxy) is 2. The second-order valence-corrected chi connectivity index (χ2v) is 6.15. The number of aromatic nitrogens is 2. The van der Waals surface area contributed by atoms with Gasteiger partial charge in [0.05, 0.1) is 17.3 Å². The SMILES string of the molecule is COCCOc1ccc(Nc2ncnc3c2CN(C)CC3)cc1Cl. The number of methoxy groups -OCH3 is 1. The van der Waals surface area contributed by atoms with E-state index in [2.05, 4.69) is 27.2 Å². The Morgan fingerprint density at radius 1 is 1.29 bits per heavy atom. The van der Waals surface area contributed by atoms with Gasteiger partial charge in [-0.1, -0.05) is 11.6 Å². The highest BCUT2D eigenvalue weighted by atomic mass is 35.5. The predicted molar refractivity (Wildman–Crippen MR) is 94.2 cm³/mol. The molecule has 0 aliphatic carbocycles. The lowest BCUT2D eigenvalue weighted by molar-refractivity contribution is 0.146. The lowest BCUT2D eigenvalue weighted by Gasteiger charge is -2.25. The zero-order chi connectivity index (χ0) is 16.9. The van der Waals surface area contributed by atoms with Crippen molar-refractivity contribution in [2.24, 2.45) is 0 Å². The molecule has 0 radical (unpaired) electrons. The number of fused-ring (bicyclic) bond motifs is 1. The van der Waals surface area contributed by atoms with Crippen LogP contribution < -0.4 is 10.1 Å². The summed E-state index contributed by atoms with van der Waals surface area (Å²) in [5.74, 6) is 1.47. The first-order valence-corrected chi connectivity index (χ1v) is 8.25. The van der Waals surface area contributed by atoms with Crippen LogP contribution in [0, 0.1) is 0 Å². The van der Waals surface area contributed by atoms with E-state index in [9.17, 15) is 0 Å². The van der Waals surface area contributed by atoms with Gasteiger partial charge in [-0.2, -0.15) is 0 Å². The Labute approximate surface area is 146 Å². The molecule has 1 N–H and O–H groups in total. The van der Waals surface area contributed by atoms with E-state index in [4.69, 9.17) is 21.1 Å². The molecule has 0 saturated heterocycles. The molecule has 2 heterocycles. The highest BCUT2D eigenvalue weighted by molar-refractivity contribution is 6.32. The minimum atomic E-state index is 0.467. The van der Waals surface area contributed by atoms with Crippen LogP contribution in [-0.2, 0) is 17.7 Å². The largest absolute Gasteiger partial charge is 0.490 e. The highest BCUT2D eigenvalue weighted by Crippen LogP contribution is 2.30. The lowest BCUT2D eigenvalue weighted by atomic mass is 10.1. The maximum absolute atomic E-state index is 6.29. The van der Waals surface area contributed by atoms with Crippen molar-refractivity contribution < 1.29 is 9.47 Å². The van der Waals surface area contributed by atoms with Crippen molar-refractivity contribution in [3.8, 4) is 5.75 Å². The average molecular weight is 349 g/mol. The Morgan fingerprint density at radius 3 is 2.96 bits per heavy atom. The zero-order valence-corrected chi connectivity index (χ0v) is 14.6. The number of anilines is 2. The fourth-order valence-corrected chi connectivity index (χ4v) is 2.89. The Bertz CT molecular complexity index is 711. The van der Waals surface area contributed by atoms with Crippen molar-refractivity contribution in [3.63, 3.8) is 0 Å². The van der Waals surface area contributed by atoms with E-state index in [1.807, 2.05) is 18.2 Å². The summed E-state index contributed by atoms with van der Waals surface area (Å²) in [5, 5.41) is 3.90. The Morgan fingerprint density at radius 2 is 2.17 bits per heavy atom. The minimum Gasteiger partial charge on any atom is -0.490 e. The van der Waals surface area contributed by atoms with Gasteiger partial charge >= 0.3 is 0 Å². The van der Waals surface area contributed by atoms with Crippen molar-refractivity contribution in [1.29, 1.82) is 0 Å². The second kappa shape index (κ2) is 7.79. The molecule has 6 nitrogen and oxygen atoms in total. The van der Waals surface area contributed by atoms with Crippen molar-refractivity contribution in [2.75, 3.05) is 39.2 Å². The van der Waals surface area contributed by atoms with E-state index in [1.54, 1.807) is 13.4 Å². The summed E-state index contributed by atoms with van der Waals surface area (Å²) in [7, 11) is 3.74. The quantitative estimate of drug-likeness (QED) is 0.810. The van der Waals surface area contributed by atoms with Crippen LogP contribution in [0.4, 0.5) is 11.5 Å². The molecule has 0 atom stereocenters. The summed E-state index contributed by atoms with van der Waals surface area (Å²) in [5.41, 5.74) is 3.12. The maximum atomic E-state index is 6.29. The number of hydrogen-bond acceptors (Lipinski definition) is 6. The van der Waals surface area contributed by atoms with Gasteiger partial charge in [0.1, 0.15) is 24.5 Å². The molecule has 0 saturated carbocycles. The molecular formula is C17H21ClN4O2. The standard InChI is InChI=1S/C17H21ClN4O2/c1-22-6-5-15-13(10-22)17(20-11-19-15)21-12-3-4-16(14(18)9-12)24-8-7-23-2/h3-4,9,11H,5-8,10H2,1-2H3,(H,19,20,21). The molecule has 1 aromatic carbocycles. The first-order valence-electron chi connectivity index (χ1n) is 7.87. The van der Waals surface area contributed by atoms with E-state index in [0.29, 0.717) is 24.0 Å². The summed E-state index contributed by atoms with van der Waals surface area (Å²) in [6.45, 7) is 2.85. The van der Waals surface area contributed by atoms with Crippen LogP contribution in [0.3, 0.4) is 0 Å². The molecule has 0 unspecified atom stereocenters. The number of benzene rings is 1. The van der Waals surface area contributed by atoms with E-state index < -0.39 is 0 Å². The maximum Gasteiger partial charge on any atom is 0.138 e. The first-order chi connectivity index (χ1) is 11.7. The van der Waals surface area contributed by atoms with Crippen LogP contribution in [-0.4, -0.2) is 48.8 Å². The van der Waals surface area contributed by atoms with E-state index in [-0.39, 0.29) is 0 Å². The molecule has 0 amide bonds. The molecule has 0 fully saturated rings. The number of rotatable bonds is 6. The van der Waals surface area contributed by atoms with Gasteiger partial charge < -0.3 is 19.7 Å². The Balaban J connectivity index is 1.76. The van der Waals surface area contributed by atoms with Gasteiger partial charge in [-0.15, -0.1) is 0 Å². The van der Waals surface area contributed by atoms with Crippen LogP contribution in [0.1, 0.15) is 11.3 Å². The van der Waals surface area contributed by atoms with E-state index >= 15 is 0 Å². The molecule has 7 heteroatoms. The molecule has 128 valence electrons. The summed E-state index contributed by atoms with van der Waals surface area (Å²) in [6, 6.07) is 5.61. The van der Waals surface area contributed by atoms with E-state index in [0.717, 1.165) is 42.3 Å². The number of nitrogens with zero attached hydrogens (tertiary/aromatic N) is 3. The third-order valence-electron chi connectivity index (χ3n) is 3.93. The van der Waals surface area contributed by atoms with Gasteiger partial charge in [-0.05, 0) is 25.2 Å². The van der Waals surface area contributed by atoms with Gasteiger partial charge in [0.15, 0.2) is 0 Å². The molecule has 1 aliphatic rings. The van der Waals surface area contributed by atoms with Crippen LogP contribution >= 0.6 is 11.6 Å². The topological polar surface area (TPSA) is 59.5 Å².